The molecule has 2 aromatic carbocycles. The van der Waals surface area contributed by atoms with Gasteiger partial charge in [-0.2, -0.15) is 0 Å². The van der Waals surface area contributed by atoms with E-state index in [1.54, 1.807) is 62.4 Å². The lowest BCUT2D eigenvalue weighted by Gasteiger charge is -2.14. The third-order valence-corrected chi connectivity index (χ3v) is 4.77. The standard InChI is InChI=1S/C20H19ClN2O4/c1-12-13(2)20(26)23(19(12)25)11-18(24)22-15-6-8-16(9-7-15)27-17-5-3-4-14(21)10-17/h3-10,12-13H,11H2,1-2H3,(H,22,24). The van der Waals surface area contributed by atoms with Gasteiger partial charge in [0.15, 0.2) is 0 Å². The van der Waals surface area contributed by atoms with Gasteiger partial charge < -0.3 is 10.1 Å². The van der Waals surface area contributed by atoms with Gasteiger partial charge in [0.25, 0.3) is 0 Å². The molecule has 1 N–H and O–H groups in total. The van der Waals surface area contributed by atoms with Crippen LogP contribution in [0, 0.1) is 11.8 Å². The normalized spacial score (nSPS) is 19.3. The average molecular weight is 387 g/mol. The summed E-state index contributed by atoms with van der Waals surface area (Å²) in [7, 11) is 0. The first-order chi connectivity index (χ1) is 12.8. The largest absolute Gasteiger partial charge is 0.457 e. The molecule has 0 bridgehead atoms. The Bertz CT molecular complexity index is 862. The van der Waals surface area contributed by atoms with Gasteiger partial charge in [-0.3, -0.25) is 19.3 Å². The number of hydrogen-bond acceptors (Lipinski definition) is 4. The molecule has 140 valence electrons. The van der Waals surface area contributed by atoms with Crippen molar-refractivity contribution in [3.8, 4) is 11.5 Å². The lowest BCUT2D eigenvalue weighted by molar-refractivity contribution is -0.142. The van der Waals surface area contributed by atoms with Gasteiger partial charge in [0, 0.05) is 22.5 Å². The van der Waals surface area contributed by atoms with E-state index in [-0.39, 0.29) is 18.4 Å². The number of carbonyl (C=O) groups is 3. The molecule has 2 aromatic rings. The predicted octanol–water partition coefficient (Wildman–Crippen LogP) is 3.71. The molecule has 7 heteroatoms. The van der Waals surface area contributed by atoms with Crippen LogP contribution in [0.1, 0.15) is 13.8 Å². The van der Waals surface area contributed by atoms with Crippen molar-refractivity contribution in [2.45, 2.75) is 13.8 Å². The summed E-state index contributed by atoms with van der Waals surface area (Å²) in [5, 5.41) is 3.25. The van der Waals surface area contributed by atoms with E-state index in [0.29, 0.717) is 22.2 Å². The van der Waals surface area contributed by atoms with E-state index >= 15 is 0 Å². The Hall–Kier alpha value is -2.86. The van der Waals surface area contributed by atoms with Crippen molar-refractivity contribution in [2.75, 3.05) is 11.9 Å². The van der Waals surface area contributed by atoms with Gasteiger partial charge in [-0.15, -0.1) is 0 Å². The number of anilines is 1. The van der Waals surface area contributed by atoms with E-state index < -0.39 is 17.7 Å². The number of nitrogens with zero attached hydrogens (tertiary/aromatic N) is 1. The van der Waals surface area contributed by atoms with Crippen molar-refractivity contribution in [3.05, 3.63) is 53.6 Å². The second kappa shape index (κ2) is 7.80. The van der Waals surface area contributed by atoms with Gasteiger partial charge in [-0.05, 0) is 42.5 Å². The Kier molecular flexibility index (Phi) is 5.46. The van der Waals surface area contributed by atoms with Crippen LogP contribution in [0.5, 0.6) is 11.5 Å². The van der Waals surface area contributed by atoms with Gasteiger partial charge in [0.05, 0.1) is 0 Å². The Morgan fingerprint density at radius 3 is 2.26 bits per heavy atom. The first kappa shape index (κ1) is 18.9. The molecule has 1 heterocycles. The highest BCUT2D eigenvalue weighted by atomic mass is 35.5. The minimum absolute atomic E-state index is 0.285. The fourth-order valence-electron chi connectivity index (χ4n) is 2.80. The molecule has 6 nitrogen and oxygen atoms in total. The first-order valence-electron chi connectivity index (χ1n) is 8.53. The number of rotatable bonds is 5. The molecule has 0 saturated carbocycles. The van der Waals surface area contributed by atoms with E-state index in [2.05, 4.69) is 5.32 Å². The Morgan fingerprint density at radius 2 is 1.67 bits per heavy atom. The fraction of sp³-hybridized carbons (Fsp3) is 0.250. The number of benzene rings is 2. The molecule has 1 fully saturated rings. The molecule has 1 aliphatic rings. The highest BCUT2D eigenvalue weighted by Gasteiger charge is 2.42. The molecule has 3 amide bonds. The van der Waals surface area contributed by atoms with Gasteiger partial charge in [-0.1, -0.05) is 31.5 Å². The molecule has 2 atom stereocenters. The molecular formula is C20H19ClN2O4. The maximum absolute atomic E-state index is 12.2. The van der Waals surface area contributed by atoms with E-state index in [1.165, 1.54) is 0 Å². The number of ether oxygens (including phenoxy) is 1. The predicted molar refractivity (Wildman–Crippen MR) is 102 cm³/mol. The second-order valence-electron chi connectivity index (χ2n) is 6.47. The van der Waals surface area contributed by atoms with Crippen molar-refractivity contribution in [2.24, 2.45) is 11.8 Å². The van der Waals surface area contributed by atoms with Crippen LogP contribution in [0.4, 0.5) is 5.69 Å². The Balaban J connectivity index is 1.59. The lowest BCUT2D eigenvalue weighted by atomic mass is 10.00. The minimum atomic E-state index is -0.429. The average Bonchev–Trinajstić information content (AvgIpc) is 2.81. The second-order valence-corrected chi connectivity index (χ2v) is 6.91. The summed E-state index contributed by atoms with van der Waals surface area (Å²) < 4.78 is 5.68. The summed E-state index contributed by atoms with van der Waals surface area (Å²) in [6.07, 6.45) is 0. The zero-order chi connectivity index (χ0) is 19.6. The van der Waals surface area contributed by atoms with Crippen molar-refractivity contribution >= 4 is 35.0 Å². The number of hydrogen-bond donors (Lipinski definition) is 1. The van der Waals surface area contributed by atoms with Gasteiger partial charge in [0.1, 0.15) is 18.0 Å². The summed E-state index contributed by atoms with van der Waals surface area (Å²) in [6.45, 7) is 3.11. The van der Waals surface area contributed by atoms with Crippen molar-refractivity contribution in [1.29, 1.82) is 0 Å². The summed E-state index contributed by atoms with van der Waals surface area (Å²) in [5.74, 6) is -0.653. The van der Waals surface area contributed by atoms with Crippen LogP contribution in [0.15, 0.2) is 48.5 Å². The van der Waals surface area contributed by atoms with Crippen LogP contribution < -0.4 is 10.1 Å². The summed E-state index contributed by atoms with van der Waals surface area (Å²) in [4.78, 5) is 37.3. The number of imide groups is 1. The fourth-order valence-corrected chi connectivity index (χ4v) is 2.98. The van der Waals surface area contributed by atoms with E-state index in [1.807, 2.05) is 0 Å². The molecular weight excluding hydrogens is 368 g/mol. The SMILES string of the molecule is CC1C(=O)N(CC(=O)Nc2ccc(Oc3cccc(Cl)c3)cc2)C(=O)C1C. The molecule has 2 unspecified atom stereocenters. The van der Waals surface area contributed by atoms with Crippen LogP contribution in [-0.4, -0.2) is 29.2 Å². The van der Waals surface area contributed by atoms with Crippen LogP contribution in [0.3, 0.4) is 0 Å². The van der Waals surface area contributed by atoms with Crippen LogP contribution >= 0.6 is 11.6 Å². The Morgan fingerprint density at radius 1 is 1.04 bits per heavy atom. The molecule has 1 aliphatic heterocycles. The summed E-state index contributed by atoms with van der Waals surface area (Å²) >= 11 is 5.92. The molecule has 3 rings (SSSR count). The van der Waals surface area contributed by atoms with Gasteiger partial charge in [0.2, 0.25) is 17.7 Å². The minimum Gasteiger partial charge on any atom is -0.457 e. The molecule has 0 aromatic heterocycles. The van der Waals surface area contributed by atoms with E-state index in [0.717, 1.165) is 4.90 Å². The smallest absolute Gasteiger partial charge is 0.244 e. The highest BCUT2D eigenvalue weighted by molar-refractivity contribution is 6.30. The maximum Gasteiger partial charge on any atom is 0.244 e. The molecule has 1 saturated heterocycles. The third kappa shape index (κ3) is 4.28. The number of amides is 3. The van der Waals surface area contributed by atoms with Gasteiger partial charge in [-0.25, -0.2) is 0 Å². The topological polar surface area (TPSA) is 75.7 Å². The zero-order valence-corrected chi connectivity index (χ0v) is 15.7. The molecule has 0 spiro atoms. The number of carbonyl (C=O) groups excluding carboxylic acids is 3. The zero-order valence-electron chi connectivity index (χ0n) is 14.9. The van der Waals surface area contributed by atoms with Crippen molar-refractivity contribution in [1.82, 2.24) is 4.90 Å². The number of nitrogens with one attached hydrogen (secondary N) is 1. The van der Waals surface area contributed by atoms with Crippen LogP contribution in [0.2, 0.25) is 5.02 Å². The quantitative estimate of drug-likeness (QED) is 0.795. The molecule has 27 heavy (non-hydrogen) atoms. The van der Waals surface area contributed by atoms with Crippen molar-refractivity contribution in [3.63, 3.8) is 0 Å². The summed E-state index contributed by atoms with van der Waals surface area (Å²) in [5.41, 5.74) is 0.540. The monoisotopic (exact) mass is 386 g/mol. The van der Waals surface area contributed by atoms with Crippen molar-refractivity contribution < 1.29 is 19.1 Å². The summed E-state index contributed by atoms with van der Waals surface area (Å²) in [6, 6.07) is 13.8. The third-order valence-electron chi connectivity index (χ3n) is 4.53. The number of likely N-dealkylation sites (tertiary alicyclic amines) is 1. The highest BCUT2D eigenvalue weighted by Crippen LogP contribution is 2.26. The Labute approximate surface area is 162 Å². The van der Waals surface area contributed by atoms with E-state index in [9.17, 15) is 14.4 Å². The first-order valence-corrected chi connectivity index (χ1v) is 8.91. The lowest BCUT2D eigenvalue weighted by Crippen LogP contribution is -2.38. The van der Waals surface area contributed by atoms with Crippen LogP contribution in [-0.2, 0) is 14.4 Å². The molecule has 0 aliphatic carbocycles. The number of halogens is 1. The molecule has 0 radical (unpaired) electrons. The van der Waals surface area contributed by atoms with Gasteiger partial charge >= 0.3 is 0 Å². The van der Waals surface area contributed by atoms with Crippen LogP contribution in [0.25, 0.3) is 0 Å². The maximum atomic E-state index is 12.2. The van der Waals surface area contributed by atoms with E-state index in [4.69, 9.17) is 16.3 Å².